The number of benzene rings is 1. The molecule has 0 aromatic heterocycles. The summed E-state index contributed by atoms with van der Waals surface area (Å²) in [5.41, 5.74) is -0.345. The molecule has 1 aliphatic rings. The number of amides is 2. The monoisotopic (exact) mass is 365 g/mol. The predicted octanol–water partition coefficient (Wildman–Crippen LogP) is 2.55. The van der Waals surface area contributed by atoms with E-state index in [1.54, 1.807) is 20.8 Å². The molecule has 2 rings (SSSR count). The van der Waals surface area contributed by atoms with Crippen LogP contribution >= 0.6 is 9.24 Å². The first kappa shape index (κ1) is 19.4. The van der Waals surface area contributed by atoms with Gasteiger partial charge in [0.05, 0.1) is 18.1 Å². The first-order chi connectivity index (χ1) is 11.7. The van der Waals surface area contributed by atoms with Crippen LogP contribution in [0.15, 0.2) is 30.3 Å². The normalized spacial score (nSPS) is 18.6. The highest BCUT2D eigenvalue weighted by atomic mass is 31.0. The van der Waals surface area contributed by atoms with Crippen LogP contribution in [0.25, 0.3) is 0 Å². The molecule has 1 aliphatic heterocycles. The van der Waals surface area contributed by atoms with Gasteiger partial charge in [-0.1, -0.05) is 30.3 Å². The van der Waals surface area contributed by atoms with Gasteiger partial charge in [0.25, 0.3) is 0 Å². The van der Waals surface area contributed by atoms with Crippen LogP contribution in [0.2, 0.25) is 0 Å². The van der Waals surface area contributed by atoms with Gasteiger partial charge in [0, 0.05) is 0 Å². The van der Waals surface area contributed by atoms with Gasteiger partial charge < -0.3 is 9.47 Å². The number of carbonyl (C=O) groups excluding carboxylic acids is 3. The summed E-state index contributed by atoms with van der Waals surface area (Å²) in [6.45, 7) is 5.44. The minimum Gasteiger partial charge on any atom is -0.460 e. The summed E-state index contributed by atoms with van der Waals surface area (Å²) in [6.07, 6.45) is -0.257. The molecule has 1 fully saturated rings. The summed E-state index contributed by atoms with van der Waals surface area (Å²) in [5, 5.41) is 0. The van der Waals surface area contributed by atoms with Crippen LogP contribution in [0.3, 0.4) is 0 Å². The number of ether oxygens (including phenoxy) is 2. The number of esters is 1. The van der Waals surface area contributed by atoms with Crippen molar-refractivity contribution in [3.63, 3.8) is 0 Å². The Morgan fingerprint density at radius 3 is 2.56 bits per heavy atom. The third-order valence-corrected chi connectivity index (χ3v) is 4.16. The van der Waals surface area contributed by atoms with Gasteiger partial charge >= 0.3 is 12.1 Å². The van der Waals surface area contributed by atoms with E-state index in [2.05, 4.69) is 9.24 Å². The van der Waals surface area contributed by atoms with Gasteiger partial charge in [0.2, 0.25) is 5.91 Å². The van der Waals surface area contributed by atoms with Crippen molar-refractivity contribution in [1.29, 1.82) is 0 Å². The van der Waals surface area contributed by atoms with Crippen LogP contribution in [-0.4, -0.2) is 46.8 Å². The van der Waals surface area contributed by atoms with Crippen LogP contribution < -0.4 is 0 Å². The molecule has 136 valence electrons. The van der Waals surface area contributed by atoms with Crippen LogP contribution in [0, 0.1) is 0 Å². The average molecular weight is 365 g/mol. The molecule has 0 aliphatic carbocycles. The molecule has 7 heteroatoms. The van der Waals surface area contributed by atoms with Crippen LogP contribution in [0.4, 0.5) is 4.79 Å². The molecule has 0 N–H and O–H groups in total. The molecule has 2 amide bonds. The topological polar surface area (TPSA) is 72.9 Å². The van der Waals surface area contributed by atoms with Crippen molar-refractivity contribution in [2.45, 2.75) is 50.9 Å². The van der Waals surface area contributed by atoms with Gasteiger partial charge in [-0.3, -0.25) is 9.59 Å². The third kappa shape index (κ3) is 5.53. The van der Waals surface area contributed by atoms with E-state index in [0.29, 0.717) is 6.42 Å². The summed E-state index contributed by atoms with van der Waals surface area (Å²) in [7, 11) is 2.32. The minimum absolute atomic E-state index is 0.109. The maximum Gasteiger partial charge on any atom is 0.417 e. The maximum atomic E-state index is 12.7. The molecular formula is C18H24NO5P. The highest BCUT2D eigenvalue weighted by Crippen LogP contribution is 2.22. The molecule has 0 radical (unpaired) electrons. The number of carbonyl (C=O) groups is 3. The number of cyclic esters (lactones) is 1. The number of rotatable bonds is 5. The van der Waals surface area contributed by atoms with E-state index in [0.717, 1.165) is 10.5 Å². The zero-order valence-corrected chi connectivity index (χ0v) is 15.9. The maximum absolute atomic E-state index is 12.7. The summed E-state index contributed by atoms with van der Waals surface area (Å²) in [4.78, 5) is 37.7. The fourth-order valence-electron chi connectivity index (χ4n) is 2.60. The summed E-state index contributed by atoms with van der Waals surface area (Å²) < 4.78 is 10.3. The molecule has 3 atom stereocenters. The SMILES string of the molecule is CC(C)(C)OC(=O)C[C@H](P)C(=O)N1C(=O)OC[C@H]1Cc1ccccc1. The Morgan fingerprint density at radius 1 is 1.32 bits per heavy atom. The molecule has 0 spiro atoms. The number of imide groups is 1. The number of hydrogen-bond acceptors (Lipinski definition) is 5. The quantitative estimate of drug-likeness (QED) is 0.592. The van der Waals surface area contributed by atoms with Gasteiger partial charge in [-0.15, -0.1) is 9.24 Å². The molecule has 0 bridgehead atoms. The molecule has 6 nitrogen and oxygen atoms in total. The third-order valence-electron chi connectivity index (χ3n) is 3.64. The Balaban J connectivity index is 2.02. The molecule has 1 heterocycles. The van der Waals surface area contributed by atoms with E-state index in [1.165, 1.54) is 0 Å². The number of hydrogen-bond donors (Lipinski definition) is 0. The van der Waals surface area contributed by atoms with Crippen molar-refractivity contribution in [1.82, 2.24) is 4.90 Å². The van der Waals surface area contributed by atoms with E-state index in [-0.39, 0.29) is 19.1 Å². The minimum atomic E-state index is -0.737. The van der Waals surface area contributed by atoms with Crippen LogP contribution in [0.1, 0.15) is 32.8 Å². The smallest absolute Gasteiger partial charge is 0.417 e. The van der Waals surface area contributed by atoms with E-state index >= 15 is 0 Å². The summed E-state index contributed by atoms with van der Waals surface area (Å²) >= 11 is 0. The standard InChI is InChI=1S/C18H24NO5P/c1-18(2,3)24-15(20)10-14(25)16(21)19-13(11-23-17(19)22)9-12-7-5-4-6-8-12/h4-8,13-14H,9-11,25H2,1-3H3/t13-,14+/m1/s1. The van der Waals surface area contributed by atoms with Gasteiger partial charge in [-0.25, -0.2) is 9.69 Å². The number of nitrogens with zero attached hydrogens (tertiary/aromatic N) is 1. The van der Waals surface area contributed by atoms with Crippen LogP contribution in [0.5, 0.6) is 0 Å². The fourth-order valence-corrected chi connectivity index (χ4v) is 2.95. The van der Waals surface area contributed by atoms with Crippen molar-refractivity contribution in [3.8, 4) is 0 Å². The van der Waals surface area contributed by atoms with E-state index < -0.39 is 29.2 Å². The average Bonchev–Trinajstić information content (AvgIpc) is 2.86. The molecule has 25 heavy (non-hydrogen) atoms. The van der Waals surface area contributed by atoms with Crippen LogP contribution in [-0.2, 0) is 25.5 Å². The largest absolute Gasteiger partial charge is 0.460 e. The molecule has 1 saturated heterocycles. The fraction of sp³-hybridized carbons (Fsp3) is 0.500. The predicted molar refractivity (Wildman–Crippen MR) is 96.1 cm³/mol. The molecule has 0 saturated carbocycles. The Morgan fingerprint density at radius 2 is 1.96 bits per heavy atom. The second-order valence-corrected chi connectivity index (χ2v) is 7.83. The van der Waals surface area contributed by atoms with Crippen molar-refractivity contribution in [3.05, 3.63) is 35.9 Å². The molecule has 1 unspecified atom stereocenters. The lowest BCUT2D eigenvalue weighted by atomic mass is 10.1. The molecular weight excluding hydrogens is 341 g/mol. The Labute approximate surface area is 150 Å². The van der Waals surface area contributed by atoms with Gasteiger partial charge in [-0.05, 0) is 32.8 Å². The Hall–Kier alpha value is -1.94. The highest BCUT2D eigenvalue weighted by molar-refractivity contribution is 7.19. The van der Waals surface area contributed by atoms with Crippen molar-refractivity contribution < 1.29 is 23.9 Å². The lowest BCUT2D eigenvalue weighted by Crippen LogP contribution is -2.44. The van der Waals surface area contributed by atoms with Gasteiger partial charge in [0.1, 0.15) is 12.2 Å². The molecule has 1 aromatic rings. The Kier molecular flexibility index (Phi) is 6.17. The zero-order chi connectivity index (χ0) is 18.6. The second kappa shape index (κ2) is 7.96. The van der Waals surface area contributed by atoms with E-state index in [9.17, 15) is 14.4 Å². The van der Waals surface area contributed by atoms with Crippen molar-refractivity contribution in [2.75, 3.05) is 6.61 Å². The van der Waals surface area contributed by atoms with Gasteiger partial charge in [0.15, 0.2) is 0 Å². The Bertz CT molecular complexity index is 641. The van der Waals surface area contributed by atoms with Crippen molar-refractivity contribution >= 4 is 27.2 Å². The van der Waals surface area contributed by atoms with Crippen molar-refractivity contribution in [2.24, 2.45) is 0 Å². The highest BCUT2D eigenvalue weighted by Gasteiger charge is 2.40. The zero-order valence-electron chi connectivity index (χ0n) is 14.7. The molecule has 1 aromatic carbocycles. The second-order valence-electron chi connectivity index (χ2n) is 7.03. The summed E-state index contributed by atoms with van der Waals surface area (Å²) in [5.74, 6) is -0.924. The lowest BCUT2D eigenvalue weighted by Gasteiger charge is -2.24. The first-order valence-electron chi connectivity index (χ1n) is 8.18. The van der Waals surface area contributed by atoms with E-state index in [4.69, 9.17) is 9.47 Å². The first-order valence-corrected chi connectivity index (χ1v) is 8.85. The summed E-state index contributed by atoms with van der Waals surface area (Å²) in [6, 6.07) is 9.21. The van der Waals surface area contributed by atoms with Gasteiger partial charge in [-0.2, -0.15) is 0 Å². The lowest BCUT2D eigenvalue weighted by molar-refractivity contribution is -0.156. The van der Waals surface area contributed by atoms with E-state index in [1.807, 2.05) is 30.3 Å².